The predicted octanol–water partition coefficient (Wildman–Crippen LogP) is 4.93. The van der Waals surface area contributed by atoms with Gasteiger partial charge in [0, 0.05) is 22.9 Å². The number of para-hydroxylation sites is 1. The summed E-state index contributed by atoms with van der Waals surface area (Å²) < 4.78 is 11.2. The van der Waals surface area contributed by atoms with Gasteiger partial charge in [-0.3, -0.25) is 9.69 Å². The van der Waals surface area contributed by atoms with Gasteiger partial charge in [0.05, 0.1) is 7.11 Å². The highest BCUT2D eigenvalue weighted by atomic mass is 35.5. The second-order valence-corrected chi connectivity index (χ2v) is 7.60. The smallest absolute Gasteiger partial charge is 0.270 e. The Labute approximate surface area is 181 Å². The summed E-state index contributed by atoms with van der Waals surface area (Å²) in [6.07, 6.45) is -0.573. The number of ether oxygens (including phenoxy) is 2. The largest absolute Gasteiger partial charge is 0.497 e. The van der Waals surface area contributed by atoms with E-state index < -0.39 is 6.10 Å². The van der Waals surface area contributed by atoms with Gasteiger partial charge in [0.25, 0.3) is 5.91 Å². The lowest BCUT2D eigenvalue weighted by Gasteiger charge is -2.47. The SMILES string of the molecule is COc1ccc(NC[C@@H]2[C@@H](Oc3ccc(Cl)cc3)C(=O)N2c2ccccc2C)cc1. The number of β-lactam (4-membered cyclic amide) rings is 1. The molecule has 2 atom stereocenters. The number of hydrogen-bond donors (Lipinski definition) is 1. The molecule has 1 N–H and O–H groups in total. The van der Waals surface area contributed by atoms with Gasteiger partial charge in [-0.2, -0.15) is 0 Å². The Morgan fingerprint density at radius 1 is 0.967 bits per heavy atom. The minimum atomic E-state index is -0.573. The van der Waals surface area contributed by atoms with Gasteiger partial charge in [0.2, 0.25) is 0 Å². The van der Waals surface area contributed by atoms with Crippen LogP contribution in [0.15, 0.2) is 72.8 Å². The quantitative estimate of drug-likeness (QED) is 0.548. The minimum Gasteiger partial charge on any atom is -0.497 e. The fourth-order valence-electron chi connectivity index (χ4n) is 3.57. The van der Waals surface area contributed by atoms with Crippen molar-refractivity contribution < 1.29 is 14.3 Å². The molecule has 0 aromatic heterocycles. The summed E-state index contributed by atoms with van der Waals surface area (Å²) in [7, 11) is 1.64. The monoisotopic (exact) mass is 422 g/mol. The molecule has 1 aliphatic heterocycles. The molecule has 3 aromatic carbocycles. The lowest BCUT2D eigenvalue weighted by Crippen LogP contribution is -2.69. The van der Waals surface area contributed by atoms with Gasteiger partial charge in [-0.25, -0.2) is 0 Å². The number of anilines is 2. The van der Waals surface area contributed by atoms with Crippen molar-refractivity contribution in [1.29, 1.82) is 0 Å². The summed E-state index contributed by atoms with van der Waals surface area (Å²) in [5.41, 5.74) is 2.90. The van der Waals surface area contributed by atoms with Gasteiger partial charge in [0.15, 0.2) is 6.10 Å². The van der Waals surface area contributed by atoms with Crippen LogP contribution in [0.5, 0.6) is 11.5 Å². The first kappa shape index (κ1) is 20.1. The molecule has 1 aliphatic rings. The van der Waals surface area contributed by atoms with Crippen LogP contribution >= 0.6 is 11.6 Å². The standard InChI is InChI=1S/C24H23ClN2O3/c1-16-5-3-4-6-21(16)27-22(15-26-18-9-13-19(29-2)14-10-18)23(24(27)28)30-20-11-7-17(25)8-12-20/h3-14,22-23,26H,15H2,1-2H3/t22-,23-/m1/s1. The van der Waals surface area contributed by atoms with Crippen molar-refractivity contribution in [1.82, 2.24) is 0 Å². The average molecular weight is 423 g/mol. The molecule has 6 heteroatoms. The topological polar surface area (TPSA) is 50.8 Å². The summed E-state index contributed by atoms with van der Waals surface area (Å²) in [5, 5.41) is 4.04. The summed E-state index contributed by atoms with van der Waals surface area (Å²) in [5.74, 6) is 1.36. The second-order valence-electron chi connectivity index (χ2n) is 7.16. The average Bonchev–Trinajstić information content (AvgIpc) is 2.77. The Balaban J connectivity index is 1.54. The van der Waals surface area contributed by atoms with Crippen LogP contribution < -0.4 is 19.7 Å². The molecule has 0 unspecified atom stereocenters. The van der Waals surface area contributed by atoms with Crippen LogP contribution in [-0.4, -0.2) is 31.7 Å². The summed E-state index contributed by atoms with van der Waals surface area (Å²) in [6, 6.07) is 22.5. The molecule has 0 bridgehead atoms. The van der Waals surface area contributed by atoms with E-state index in [2.05, 4.69) is 5.32 Å². The van der Waals surface area contributed by atoms with E-state index in [1.165, 1.54) is 0 Å². The van der Waals surface area contributed by atoms with Gasteiger partial charge in [-0.15, -0.1) is 0 Å². The number of rotatable bonds is 7. The van der Waals surface area contributed by atoms with Gasteiger partial charge < -0.3 is 14.8 Å². The number of nitrogens with zero attached hydrogens (tertiary/aromatic N) is 1. The van der Waals surface area contributed by atoms with Crippen molar-refractivity contribution in [2.75, 3.05) is 23.9 Å². The lowest BCUT2D eigenvalue weighted by atomic mass is 9.95. The molecule has 0 saturated carbocycles. The van der Waals surface area contributed by atoms with Crippen LogP contribution in [-0.2, 0) is 4.79 Å². The zero-order valence-corrected chi connectivity index (χ0v) is 17.6. The normalized spacial score (nSPS) is 18.0. The molecule has 0 aliphatic carbocycles. The van der Waals surface area contributed by atoms with Crippen molar-refractivity contribution in [2.24, 2.45) is 0 Å². The number of hydrogen-bond acceptors (Lipinski definition) is 4. The molecular formula is C24H23ClN2O3. The van der Waals surface area contributed by atoms with Gasteiger partial charge in [-0.05, 0) is 67.1 Å². The third-order valence-electron chi connectivity index (χ3n) is 5.22. The maximum Gasteiger partial charge on any atom is 0.270 e. The second kappa shape index (κ2) is 8.67. The Hall–Kier alpha value is -3.18. The molecule has 1 fully saturated rings. The fourth-order valence-corrected chi connectivity index (χ4v) is 3.69. The lowest BCUT2D eigenvalue weighted by molar-refractivity contribution is -0.134. The summed E-state index contributed by atoms with van der Waals surface area (Å²) >= 11 is 5.96. The molecule has 3 aromatic rings. The minimum absolute atomic E-state index is 0.0548. The van der Waals surface area contributed by atoms with E-state index in [0.29, 0.717) is 17.3 Å². The number of nitrogens with one attached hydrogen (secondary N) is 1. The van der Waals surface area contributed by atoms with Crippen LogP contribution in [0, 0.1) is 6.92 Å². The van der Waals surface area contributed by atoms with E-state index in [4.69, 9.17) is 21.1 Å². The maximum absolute atomic E-state index is 13.0. The Bertz CT molecular complexity index is 1020. The van der Waals surface area contributed by atoms with E-state index in [1.54, 1.807) is 31.4 Å². The first-order chi connectivity index (χ1) is 14.6. The third kappa shape index (κ3) is 4.07. The van der Waals surface area contributed by atoms with E-state index in [9.17, 15) is 4.79 Å². The van der Waals surface area contributed by atoms with Crippen LogP contribution in [0.3, 0.4) is 0 Å². The number of aryl methyl sites for hydroxylation is 1. The molecule has 1 heterocycles. The van der Waals surface area contributed by atoms with E-state index >= 15 is 0 Å². The number of halogens is 1. The molecule has 154 valence electrons. The van der Waals surface area contributed by atoms with Crippen molar-refractivity contribution >= 4 is 28.9 Å². The van der Waals surface area contributed by atoms with Crippen molar-refractivity contribution in [3.63, 3.8) is 0 Å². The highest BCUT2D eigenvalue weighted by Gasteiger charge is 2.50. The molecule has 4 rings (SSSR count). The molecule has 5 nitrogen and oxygen atoms in total. The predicted molar refractivity (Wildman–Crippen MR) is 120 cm³/mol. The first-order valence-electron chi connectivity index (χ1n) is 9.75. The maximum atomic E-state index is 13.0. The van der Waals surface area contributed by atoms with E-state index in [1.807, 2.05) is 60.4 Å². The molecule has 1 saturated heterocycles. The number of benzene rings is 3. The van der Waals surface area contributed by atoms with Crippen molar-refractivity contribution in [2.45, 2.75) is 19.1 Å². The van der Waals surface area contributed by atoms with Gasteiger partial charge in [-0.1, -0.05) is 29.8 Å². The number of carbonyl (C=O) groups is 1. The highest BCUT2D eigenvalue weighted by molar-refractivity contribution is 6.30. The van der Waals surface area contributed by atoms with Crippen LogP contribution in [0.4, 0.5) is 11.4 Å². The summed E-state index contributed by atoms with van der Waals surface area (Å²) in [6.45, 7) is 2.55. The molecule has 1 amide bonds. The zero-order chi connectivity index (χ0) is 21.1. The van der Waals surface area contributed by atoms with Gasteiger partial charge in [0.1, 0.15) is 17.5 Å². The van der Waals surface area contributed by atoms with Gasteiger partial charge >= 0.3 is 0 Å². The van der Waals surface area contributed by atoms with Crippen molar-refractivity contribution in [3.8, 4) is 11.5 Å². The molecule has 0 spiro atoms. The fraction of sp³-hybridized carbons (Fsp3) is 0.208. The van der Waals surface area contributed by atoms with Crippen molar-refractivity contribution in [3.05, 3.63) is 83.4 Å². The highest BCUT2D eigenvalue weighted by Crippen LogP contribution is 2.34. The first-order valence-corrected chi connectivity index (χ1v) is 10.1. The van der Waals surface area contributed by atoms with Crippen LogP contribution in [0.2, 0.25) is 5.02 Å². The number of amides is 1. The number of carbonyl (C=O) groups excluding carboxylic acids is 1. The zero-order valence-electron chi connectivity index (χ0n) is 16.8. The molecule has 0 radical (unpaired) electrons. The van der Waals surface area contributed by atoms with E-state index in [0.717, 1.165) is 22.7 Å². The molecular weight excluding hydrogens is 400 g/mol. The Kier molecular flexibility index (Phi) is 5.81. The Morgan fingerprint density at radius 3 is 2.30 bits per heavy atom. The number of methoxy groups -OCH3 is 1. The summed E-state index contributed by atoms with van der Waals surface area (Å²) in [4.78, 5) is 14.8. The van der Waals surface area contributed by atoms with Crippen LogP contribution in [0.25, 0.3) is 0 Å². The Morgan fingerprint density at radius 2 is 1.63 bits per heavy atom. The van der Waals surface area contributed by atoms with Crippen LogP contribution in [0.1, 0.15) is 5.56 Å². The third-order valence-corrected chi connectivity index (χ3v) is 5.47. The van der Waals surface area contributed by atoms with E-state index in [-0.39, 0.29) is 11.9 Å². The molecule has 30 heavy (non-hydrogen) atoms.